The van der Waals surface area contributed by atoms with Crippen LogP contribution in [0.5, 0.6) is 0 Å². The van der Waals surface area contributed by atoms with Crippen molar-refractivity contribution in [2.45, 2.75) is 13.0 Å². The van der Waals surface area contributed by atoms with E-state index in [1.165, 1.54) is 0 Å². The minimum absolute atomic E-state index is 0.405. The van der Waals surface area contributed by atoms with E-state index in [0.717, 1.165) is 11.0 Å². The largest absolute Gasteiger partial charge is 0.282 e. The summed E-state index contributed by atoms with van der Waals surface area (Å²) in [6, 6.07) is 0.405. The fraction of sp³-hybridized carbons (Fsp3) is 0.500. The third kappa shape index (κ3) is 1.19. The molecule has 0 amide bonds. The summed E-state index contributed by atoms with van der Waals surface area (Å²) >= 11 is 3.32. The van der Waals surface area contributed by atoms with Gasteiger partial charge in [-0.25, -0.2) is 0 Å². The van der Waals surface area contributed by atoms with Crippen molar-refractivity contribution in [1.29, 1.82) is 0 Å². The summed E-state index contributed by atoms with van der Waals surface area (Å²) in [5, 5.41) is 0.883. The second kappa shape index (κ2) is 2.44. The van der Waals surface area contributed by atoms with E-state index in [4.69, 9.17) is 0 Å². The maximum absolute atomic E-state index is 4.27. The monoisotopic (exact) mass is 173 g/mol. The fourth-order valence-corrected chi connectivity index (χ4v) is 1.01. The van der Waals surface area contributed by atoms with Crippen LogP contribution in [0.4, 0.5) is 0 Å². The van der Waals surface area contributed by atoms with Gasteiger partial charge in [0.15, 0.2) is 0 Å². The second-order valence-corrected chi connectivity index (χ2v) is 2.41. The first-order valence-electron chi connectivity index (χ1n) is 2.64. The van der Waals surface area contributed by atoms with Crippen LogP contribution < -0.4 is 0 Å². The van der Waals surface area contributed by atoms with Gasteiger partial charge in [-0.1, -0.05) is 22.0 Å². The van der Waals surface area contributed by atoms with Gasteiger partial charge in [-0.15, -0.1) is 0 Å². The van der Waals surface area contributed by atoms with Crippen LogP contribution >= 0.6 is 15.9 Å². The molecule has 44 valence electrons. The van der Waals surface area contributed by atoms with Crippen LogP contribution in [0.2, 0.25) is 0 Å². The molecule has 0 radical (unpaired) electrons. The normalized spacial score (nSPS) is 26.2. The topological polar surface area (TPSA) is 12.4 Å². The van der Waals surface area contributed by atoms with Crippen LogP contribution in [0.1, 0.15) is 6.92 Å². The van der Waals surface area contributed by atoms with Gasteiger partial charge in [0.05, 0.1) is 6.04 Å². The Bertz CT molecular complexity index is 137. The van der Waals surface area contributed by atoms with E-state index in [0.29, 0.717) is 6.04 Å². The Morgan fingerprint density at radius 1 is 1.88 bits per heavy atom. The third-order valence-corrected chi connectivity index (χ3v) is 1.65. The van der Waals surface area contributed by atoms with Crippen LogP contribution in [-0.4, -0.2) is 17.1 Å². The predicted molar refractivity (Wildman–Crippen MR) is 39.8 cm³/mol. The zero-order chi connectivity index (χ0) is 5.98. The summed E-state index contributed by atoms with van der Waals surface area (Å²) in [5.41, 5.74) is 1.15. The van der Waals surface area contributed by atoms with Crippen molar-refractivity contribution in [2.75, 3.05) is 5.33 Å². The molecule has 2 heteroatoms. The Kier molecular flexibility index (Phi) is 1.84. The third-order valence-electron chi connectivity index (χ3n) is 1.07. The maximum Gasteiger partial charge on any atom is 0.0658 e. The molecule has 0 saturated carbocycles. The molecular formula is C6H8BrN. The van der Waals surface area contributed by atoms with Crippen LogP contribution in [0.15, 0.2) is 17.1 Å². The highest BCUT2D eigenvalue weighted by molar-refractivity contribution is 9.09. The number of halogens is 1. The lowest BCUT2D eigenvalue weighted by atomic mass is 10.3. The molecule has 0 aromatic heterocycles. The number of rotatable bonds is 1. The number of hydrogen-bond acceptors (Lipinski definition) is 1. The van der Waals surface area contributed by atoms with E-state index in [-0.39, 0.29) is 0 Å². The van der Waals surface area contributed by atoms with Crippen LogP contribution in [-0.2, 0) is 0 Å². The molecule has 1 aliphatic heterocycles. The quantitative estimate of drug-likeness (QED) is 0.537. The Morgan fingerprint density at radius 3 is 2.88 bits per heavy atom. The first-order valence-corrected chi connectivity index (χ1v) is 3.76. The van der Waals surface area contributed by atoms with Gasteiger partial charge in [-0.05, 0) is 13.0 Å². The van der Waals surface area contributed by atoms with Crippen molar-refractivity contribution in [3.63, 3.8) is 0 Å². The standard InChI is InChI=1S/C6H8BrN/c1-5-2-3-6(4-7)8-5/h2-3,5H,4H2,1H3. The van der Waals surface area contributed by atoms with Gasteiger partial charge in [0.2, 0.25) is 0 Å². The number of allylic oxidation sites excluding steroid dienone is 1. The van der Waals surface area contributed by atoms with Gasteiger partial charge < -0.3 is 0 Å². The summed E-state index contributed by atoms with van der Waals surface area (Å²) in [6.45, 7) is 2.08. The van der Waals surface area contributed by atoms with E-state index >= 15 is 0 Å². The highest BCUT2D eigenvalue weighted by atomic mass is 79.9. The van der Waals surface area contributed by atoms with Gasteiger partial charge in [-0.2, -0.15) is 0 Å². The van der Waals surface area contributed by atoms with Crippen LogP contribution in [0, 0.1) is 0 Å². The number of alkyl halides is 1. The minimum Gasteiger partial charge on any atom is -0.282 e. The van der Waals surface area contributed by atoms with Crippen molar-refractivity contribution in [3.8, 4) is 0 Å². The molecule has 1 heterocycles. The molecule has 0 aromatic carbocycles. The second-order valence-electron chi connectivity index (χ2n) is 1.85. The minimum atomic E-state index is 0.405. The lowest BCUT2D eigenvalue weighted by molar-refractivity contribution is 0.946. The molecule has 1 rings (SSSR count). The summed E-state index contributed by atoms with van der Waals surface area (Å²) in [4.78, 5) is 4.27. The summed E-state index contributed by atoms with van der Waals surface area (Å²) in [5.74, 6) is 0. The molecule has 1 unspecified atom stereocenters. The van der Waals surface area contributed by atoms with Gasteiger partial charge in [0, 0.05) is 11.0 Å². The van der Waals surface area contributed by atoms with E-state index in [1.54, 1.807) is 0 Å². The summed E-state index contributed by atoms with van der Waals surface area (Å²) in [7, 11) is 0. The maximum atomic E-state index is 4.27. The van der Waals surface area contributed by atoms with Gasteiger partial charge in [0.25, 0.3) is 0 Å². The lowest BCUT2D eigenvalue weighted by Crippen LogP contribution is -1.91. The van der Waals surface area contributed by atoms with Crippen LogP contribution in [0.3, 0.4) is 0 Å². The Morgan fingerprint density at radius 2 is 2.62 bits per heavy atom. The zero-order valence-corrected chi connectivity index (χ0v) is 6.35. The molecule has 0 aliphatic carbocycles. The predicted octanol–water partition coefficient (Wildman–Crippen LogP) is 1.78. The van der Waals surface area contributed by atoms with Crippen molar-refractivity contribution in [3.05, 3.63) is 12.2 Å². The molecule has 0 bridgehead atoms. The molecule has 0 aromatic rings. The number of aliphatic imine (C=N–C) groups is 1. The van der Waals surface area contributed by atoms with Gasteiger partial charge >= 0.3 is 0 Å². The number of hydrogen-bond donors (Lipinski definition) is 0. The molecule has 8 heavy (non-hydrogen) atoms. The summed E-state index contributed by atoms with van der Waals surface area (Å²) < 4.78 is 0. The highest BCUT2D eigenvalue weighted by Gasteiger charge is 2.01. The summed E-state index contributed by atoms with van der Waals surface area (Å²) in [6.07, 6.45) is 4.15. The molecule has 0 spiro atoms. The Balaban J connectivity index is 2.58. The van der Waals surface area contributed by atoms with Crippen LogP contribution in [0.25, 0.3) is 0 Å². The van der Waals surface area contributed by atoms with Crippen molar-refractivity contribution >= 4 is 21.6 Å². The van der Waals surface area contributed by atoms with E-state index in [1.807, 2.05) is 0 Å². The first kappa shape index (κ1) is 6.02. The molecule has 0 N–H and O–H groups in total. The van der Waals surface area contributed by atoms with Crippen molar-refractivity contribution in [1.82, 2.24) is 0 Å². The van der Waals surface area contributed by atoms with Crippen molar-refractivity contribution < 1.29 is 0 Å². The van der Waals surface area contributed by atoms with E-state index in [2.05, 4.69) is 40.0 Å². The SMILES string of the molecule is CC1C=CC(CBr)=N1. The molecule has 0 fully saturated rings. The molecule has 0 saturated heterocycles. The smallest absolute Gasteiger partial charge is 0.0658 e. The fourth-order valence-electron chi connectivity index (χ4n) is 0.677. The van der Waals surface area contributed by atoms with E-state index < -0.39 is 0 Å². The molecular weight excluding hydrogens is 166 g/mol. The average molecular weight is 174 g/mol. The number of nitrogens with zero attached hydrogens (tertiary/aromatic N) is 1. The molecule has 1 aliphatic rings. The highest BCUT2D eigenvalue weighted by Crippen LogP contribution is 2.04. The van der Waals surface area contributed by atoms with E-state index in [9.17, 15) is 0 Å². The average Bonchev–Trinajstić information content (AvgIpc) is 2.14. The lowest BCUT2D eigenvalue weighted by Gasteiger charge is -1.89. The Hall–Kier alpha value is -0.110. The van der Waals surface area contributed by atoms with Crippen molar-refractivity contribution in [2.24, 2.45) is 4.99 Å². The Labute approximate surface area is 57.6 Å². The zero-order valence-electron chi connectivity index (χ0n) is 4.76. The van der Waals surface area contributed by atoms with Gasteiger partial charge in [-0.3, -0.25) is 4.99 Å². The first-order chi connectivity index (χ1) is 3.83. The molecule has 1 atom stereocenters. The molecule has 1 nitrogen and oxygen atoms in total. The van der Waals surface area contributed by atoms with Gasteiger partial charge in [0.1, 0.15) is 0 Å².